The highest BCUT2D eigenvalue weighted by molar-refractivity contribution is 7.98. The van der Waals surface area contributed by atoms with E-state index in [1.165, 1.54) is 11.8 Å². The summed E-state index contributed by atoms with van der Waals surface area (Å²) < 4.78 is 0. The molecule has 0 saturated heterocycles. The summed E-state index contributed by atoms with van der Waals surface area (Å²) in [5, 5.41) is 12.4. The monoisotopic (exact) mass is 444 g/mol. The zero-order valence-corrected chi connectivity index (χ0v) is 19.1. The Balaban J connectivity index is 1.83. The normalized spacial score (nSPS) is 12.6. The number of benzene rings is 2. The highest BCUT2D eigenvalue weighted by Crippen LogP contribution is 2.18. The van der Waals surface area contributed by atoms with Gasteiger partial charge >= 0.3 is 5.97 Å². The van der Waals surface area contributed by atoms with E-state index in [9.17, 15) is 14.7 Å². The molecule has 2 aromatic carbocycles. The average molecular weight is 445 g/mol. The van der Waals surface area contributed by atoms with Crippen molar-refractivity contribution in [3.8, 4) is 0 Å². The molecule has 30 heavy (non-hydrogen) atoms. The molecule has 0 fully saturated rings. The van der Waals surface area contributed by atoms with Crippen LogP contribution in [0.25, 0.3) is 0 Å². The Morgan fingerprint density at radius 3 is 2.30 bits per heavy atom. The van der Waals surface area contributed by atoms with Gasteiger partial charge in [0.15, 0.2) is 5.78 Å². The highest BCUT2D eigenvalue weighted by Gasteiger charge is 2.22. The number of carbonyl (C=O) groups excluding carboxylic acids is 1. The second-order valence-corrected chi connectivity index (χ2v) is 8.89. The third-order valence-electron chi connectivity index (χ3n) is 4.64. The van der Waals surface area contributed by atoms with Gasteiger partial charge in [0.2, 0.25) is 0 Å². The maximum absolute atomic E-state index is 12.5. The topological polar surface area (TPSA) is 69.6 Å². The van der Waals surface area contributed by atoms with Crippen LogP contribution < -0.4 is 10.2 Å². The lowest BCUT2D eigenvalue weighted by Crippen LogP contribution is -2.42. The Hall–Kier alpha value is -2.38. The van der Waals surface area contributed by atoms with Crippen molar-refractivity contribution in [2.45, 2.75) is 25.1 Å². The van der Waals surface area contributed by atoms with Crippen LogP contribution in [0.1, 0.15) is 29.3 Å². The maximum Gasteiger partial charge on any atom is 0.326 e. The van der Waals surface area contributed by atoms with Crippen LogP contribution in [-0.2, 0) is 10.5 Å². The number of carboxylic acid groups (broad SMARTS) is 1. The molecule has 0 bridgehead atoms. The lowest BCUT2D eigenvalue weighted by molar-refractivity contribution is -0.138. The van der Waals surface area contributed by atoms with Crippen LogP contribution in [0.2, 0.25) is 0 Å². The lowest BCUT2D eigenvalue weighted by Gasteiger charge is -2.18. The molecule has 1 unspecified atom stereocenters. The molecule has 0 radical (unpaired) electrons. The molecule has 2 N–H and O–H groups in total. The molecule has 2 rings (SSSR count). The molecule has 160 valence electrons. The molecular formula is C23H28N2O3S2. The molecule has 0 amide bonds. The van der Waals surface area contributed by atoms with Crippen molar-refractivity contribution in [1.82, 2.24) is 5.32 Å². The third-order valence-corrected chi connectivity index (χ3v) is 6.03. The largest absolute Gasteiger partial charge is 0.480 e. The van der Waals surface area contributed by atoms with E-state index in [1.54, 1.807) is 12.1 Å². The van der Waals surface area contributed by atoms with Crippen molar-refractivity contribution in [2.24, 2.45) is 5.92 Å². The highest BCUT2D eigenvalue weighted by atomic mass is 32.2. The van der Waals surface area contributed by atoms with E-state index in [0.717, 1.165) is 17.0 Å². The number of hydrogen-bond acceptors (Lipinski definition) is 5. The number of ketones is 1. The zero-order valence-electron chi connectivity index (χ0n) is 17.5. The predicted octanol–water partition coefficient (Wildman–Crippen LogP) is 4.27. The van der Waals surface area contributed by atoms with E-state index in [-0.39, 0.29) is 11.7 Å². The molecule has 7 heteroatoms. The van der Waals surface area contributed by atoms with Gasteiger partial charge in [0.05, 0.1) is 4.99 Å². The molecule has 0 heterocycles. The Kier molecular flexibility index (Phi) is 9.33. The number of rotatable bonds is 11. The third kappa shape index (κ3) is 7.46. The summed E-state index contributed by atoms with van der Waals surface area (Å²) in [4.78, 5) is 26.5. The van der Waals surface area contributed by atoms with Gasteiger partial charge in [-0.1, -0.05) is 61.6 Å². The van der Waals surface area contributed by atoms with E-state index in [2.05, 4.69) is 5.32 Å². The predicted molar refractivity (Wildman–Crippen MR) is 129 cm³/mol. The minimum atomic E-state index is -0.949. The number of aliphatic carboxylic acids is 1. The molecule has 5 nitrogen and oxygen atoms in total. The van der Waals surface area contributed by atoms with Crippen molar-refractivity contribution < 1.29 is 14.7 Å². The fourth-order valence-electron chi connectivity index (χ4n) is 2.87. The van der Waals surface area contributed by atoms with Crippen LogP contribution in [0.4, 0.5) is 5.69 Å². The van der Waals surface area contributed by atoms with Crippen LogP contribution in [0.3, 0.4) is 0 Å². The fraction of sp³-hybridized carbons (Fsp3) is 0.348. The summed E-state index contributed by atoms with van der Waals surface area (Å²) in [5.41, 5.74) is 2.90. The average Bonchev–Trinajstić information content (AvgIpc) is 2.73. The molecular weight excluding hydrogens is 416 g/mol. The van der Waals surface area contributed by atoms with Crippen LogP contribution in [0.5, 0.6) is 0 Å². The van der Waals surface area contributed by atoms with Crippen LogP contribution >= 0.6 is 24.0 Å². The fourth-order valence-corrected chi connectivity index (χ4v) is 4.27. The maximum atomic E-state index is 12.5. The second-order valence-electron chi connectivity index (χ2n) is 7.37. The molecule has 0 saturated carbocycles. The quantitative estimate of drug-likeness (QED) is 0.396. The number of hydrogen-bond donors (Lipinski definition) is 2. The summed E-state index contributed by atoms with van der Waals surface area (Å²) in [6, 6.07) is 16.5. The smallest absolute Gasteiger partial charge is 0.326 e. The Bertz CT molecular complexity index is 855. The second kappa shape index (κ2) is 11.7. The SMILES string of the molecule is CC(CC(=S)N[C@@H](CSCc1ccc(N(C)C)cc1)C(=O)O)C(=O)c1ccccc1. The first-order valence-corrected chi connectivity index (χ1v) is 11.3. The molecule has 2 aromatic rings. The zero-order chi connectivity index (χ0) is 22.1. The van der Waals surface area contributed by atoms with E-state index >= 15 is 0 Å². The molecule has 0 aliphatic carbocycles. The van der Waals surface area contributed by atoms with Gasteiger partial charge in [0, 0.05) is 49.2 Å². The van der Waals surface area contributed by atoms with E-state index in [4.69, 9.17) is 12.2 Å². The molecule has 0 spiro atoms. The van der Waals surface area contributed by atoms with Crippen molar-refractivity contribution in [2.75, 3.05) is 24.7 Å². The molecule has 0 aromatic heterocycles. The molecule has 0 aliphatic heterocycles. The van der Waals surface area contributed by atoms with Crippen LogP contribution in [0, 0.1) is 5.92 Å². The van der Waals surface area contributed by atoms with E-state index in [0.29, 0.717) is 22.7 Å². The number of nitrogens with zero attached hydrogens (tertiary/aromatic N) is 1. The number of nitrogens with one attached hydrogen (secondary N) is 1. The number of anilines is 1. The van der Waals surface area contributed by atoms with Gasteiger partial charge in [-0.05, 0) is 17.7 Å². The number of thioether (sulfide) groups is 1. The van der Waals surface area contributed by atoms with E-state index in [1.807, 2.05) is 68.4 Å². The number of Topliss-reactive ketones (excluding diaryl/α,β-unsaturated/α-hetero) is 1. The van der Waals surface area contributed by atoms with Crippen molar-refractivity contribution in [3.63, 3.8) is 0 Å². The minimum Gasteiger partial charge on any atom is -0.480 e. The van der Waals surface area contributed by atoms with Crippen LogP contribution in [-0.4, -0.2) is 47.7 Å². The summed E-state index contributed by atoms with van der Waals surface area (Å²) in [5.74, 6) is -0.164. The first-order chi connectivity index (χ1) is 14.3. The van der Waals surface area contributed by atoms with Gasteiger partial charge in [-0.3, -0.25) is 4.79 Å². The van der Waals surface area contributed by atoms with Crippen molar-refractivity contribution in [1.29, 1.82) is 0 Å². The van der Waals surface area contributed by atoms with Gasteiger partial charge in [0.25, 0.3) is 0 Å². The number of carbonyl (C=O) groups is 2. The van der Waals surface area contributed by atoms with Gasteiger partial charge < -0.3 is 15.3 Å². The minimum absolute atomic E-state index is 0.00201. The van der Waals surface area contributed by atoms with Crippen LogP contribution in [0.15, 0.2) is 54.6 Å². The summed E-state index contributed by atoms with van der Waals surface area (Å²) in [6.07, 6.45) is 0.323. The Labute approximate surface area is 187 Å². The standard InChI is InChI=1S/C23H28N2O3S2/c1-16(22(26)18-7-5-4-6-8-18)13-21(29)24-20(23(27)28)15-30-14-17-9-11-19(12-10-17)25(2)3/h4-12,16,20H,13-15H2,1-3H3,(H,24,29)(H,27,28)/t16?,20-/m0/s1. The van der Waals surface area contributed by atoms with Crippen molar-refractivity contribution in [3.05, 3.63) is 65.7 Å². The number of carboxylic acids is 1. The Morgan fingerprint density at radius 2 is 1.73 bits per heavy atom. The van der Waals surface area contributed by atoms with Gasteiger partial charge in [-0.25, -0.2) is 4.79 Å². The summed E-state index contributed by atoms with van der Waals surface area (Å²) in [6.45, 7) is 1.81. The molecule has 0 aliphatic rings. The molecule has 2 atom stereocenters. The summed E-state index contributed by atoms with van der Waals surface area (Å²) >= 11 is 6.87. The first kappa shape index (κ1) is 23.9. The van der Waals surface area contributed by atoms with Gasteiger partial charge in [-0.2, -0.15) is 11.8 Å². The van der Waals surface area contributed by atoms with Gasteiger partial charge in [0.1, 0.15) is 6.04 Å². The van der Waals surface area contributed by atoms with Gasteiger partial charge in [-0.15, -0.1) is 0 Å². The van der Waals surface area contributed by atoms with Crippen molar-refractivity contribution >= 4 is 46.4 Å². The Morgan fingerprint density at radius 1 is 1.10 bits per heavy atom. The van der Waals surface area contributed by atoms with E-state index < -0.39 is 12.0 Å². The first-order valence-electron chi connectivity index (χ1n) is 9.73. The summed E-state index contributed by atoms with van der Waals surface area (Å²) in [7, 11) is 3.98. The number of thiocarbonyl (C=S) groups is 1. The lowest BCUT2D eigenvalue weighted by atomic mass is 9.96.